The number of anilines is 1. The molecule has 3 heteroatoms. The second-order valence-electron chi connectivity index (χ2n) is 3.33. The predicted molar refractivity (Wildman–Crippen MR) is 62.3 cm³/mol. The van der Waals surface area contributed by atoms with Crippen molar-refractivity contribution >= 4 is 27.4 Å². The molecule has 0 bridgehead atoms. The van der Waals surface area contributed by atoms with Gasteiger partial charge in [0.1, 0.15) is 0 Å². The van der Waals surface area contributed by atoms with E-state index in [1.54, 1.807) is 24.3 Å². The number of halogens is 1. The molecule has 0 saturated carbocycles. The molecular weight excluding hydrogens is 242 g/mol. The number of ketones is 1. The van der Waals surface area contributed by atoms with E-state index < -0.39 is 0 Å². The lowest BCUT2D eigenvalue weighted by atomic mass is 10.1. The molecule has 0 heterocycles. The summed E-state index contributed by atoms with van der Waals surface area (Å²) in [5.41, 5.74) is 7.78. The highest BCUT2D eigenvalue weighted by molar-refractivity contribution is 9.10. The number of nitrogen functional groups attached to an aromatic ring is 1. The van der Waals surface area contributed by atoms with Gasteiger partial charge >= 0.3 is 0 Å². The molecule has 1 aromatic rings. The lowest BCUT2D eigenvalue weighted by Gasteiger charge is -2.01. The first-order chi connectivity index (χ1) is 6.50. The fraction of sp³-hybridized carbons (Fsp3) is 0.182. The molecule has 0 radical (unpaired) electrons. The Hall–Kier alpha value is -1.09. The maximum Gasteiger partial charge on any atom is 0.186 e. The van der Waals surface area contributed by atoms with Crippen LogP contribution in [-0.4, -0.2) is 5.78 Å². The quantitative estimate of drug-likeness (QED) is 0.500. The summed E-state index contributed by atoms with van der Waals surface area (Å²) in [6.07, 6.45) is 1.60. The molecule has 0 atom stereocenters. The van der Waals surface area contributed by atoms with Gasteiger partial charge in [-0.1, -0.05) is 21.5 Å². The van der Waals surface area contributed by atoms with Crippen LogP contribution in [0.2, 0.25) is 0 Å². The zero-order chi connectivity index (χ0) is 10.7. The van der Waals surface area contributed by atoms with Gasteiger partial charge in [0.15, 0.2) is 5.78 Å². The number of rotatable bonds is 2. The number of nitrogens with two attached hydrogens (primary N) is 1. The zero-order valence-electron chi connectivity index (χ0n) is 8.17. The van der Waals surface area contributed by atoms with Crippen LogP contribution >= 0.6 is 15.9 Å². The van der Waals surface area contributed by atoms with E-state index >= 15 is 0 Å². The molecule has 0 spiro atoms. The van der Waals surface area contributed by atoms with Crippen LogP contribution in [-0.2, 0) is 0 Å². The number of hydrogen-bond acceptors (Lipinski definition) is 2. The first-order valence-electron chi connectivity index (χ1n) is 4.25. The van der Waals surface area contributed by atoms with Crippen molar-refractivity contribution < 1.29 is 4.79 Å². The topological polar surface area (TPSA) is 43.1 Å². The molecule has 0 aromatic heterocycles. The Morgan fingerprint density at radius 3 is 2.64 bits per heavy atom. The Morgan fingerprint density at radius 2 is 2.07 bits per heavy atom. The minimum absolute atomic E-state index is 0.0239. The summed E-state index contributed by atoms with van der Waals surface area (Å²) < 4.78 is 0.772. The average molecular weight is 254 g/mol. The van der Waals surface area contributed by atoms with Gasteiger partial charge in [-0.2, -0.15) is 0 Å². The number of carbonyl (C=O) groups excluding carboxylic acids is 1. The first kappa shape index (κ1) is 11.0. The van der Waals surface area contributed by atoms with Gasteiger partial charge in [0.05, 0.1) is 0 Å². The molecule has 1 rings (SSSR count). The maximum atomic E-state index is 11.7. The number of hydrogen-bond donors (Lipinski definition) is 1. The van der Waals surface area contributed by atoms with Crippen molar-refractivity contribution in [3.63, 3.8) is 0 Å². The van der Waals surface area contributed by atoms with Gasteiger partial charge in [-0.25, -0.2) is 0 Å². The molecule has 1 aromatic carbocycles. The molecule has 0 amide bonds. The predicted octanol–water partition coefficient (Wildman–Crippen LogP) is 3.18. The molecule has 14 heavy (non-hydrogen) atoms. The second-order valence-corrected chi connectivity index (χ2v) is 4.18. The largest absolute Gasteiger partial charge is 0.399 e. The van der Waals surface area contributed by atoms with Crippen molar-refractivity contribution in [3.8, 4) is 0 Å². The summed E-state index contributed by atoms with van der Waals surface area (Å²) in [6.45, 7) is 3.77. The minimum Gasteiger partial charge on any atom is -0.399 e. The van der Waals surface area contributed by atoms with Crippen LogP contribution in [0.1, 0.15) is 24.2 Å². The monoisotopic (exact) mass is 253 g/mol. The summed E-state index contributed by atoms with van der Waals surface area (Å²) in [4.78, 5) is 11.7. The van der Waals surface area contributed by atoms with E-state index in [9.17, 15) is 4.79 Å². The van der Waals surface area contributed by atoms with E-state index in [2.05, 4.69) is 15.9 Å². The van der Waals surface area contributed by atoms with Crippen LogP contribution in [0.25, 0.3) is 0 Å². The SMILES string of the molecule is CC(C)=CC(=O)c1cc(N)ccc1Br. The molecular formula is C11H12BrNO. The molecule has 0 aliphatic heterocycles. The summed E-state index contributed by atoms with van der Waals surface area (Å²) in [6, 6.07) is 5.20. The van der Waals surface area contributed by atoms with Crippen LogP contribution in [0.15, 0.2) is 34.3 Å². The Bertz CT molecular complexity index is 392. The van der Waals surface area contributed by atoms with E-state index in [0.29, 0.717) is 11.3 Å². The van der Waals surface area contributed by atoms with E-state index in [1.807, 2.05) is 13.8 Å². The Balaban J connectivity index is 3.12. The van der Waals surface area contributed by atoms with E-state index in [0.717, 1.165) is 10.0 Å². The highest BCUT2D eigenvalue weighted by Gasteiger charge is 2.07. The third-order valence-corrected chi connectivity index (χ3v) is 2.37. The number of benzene rings is 1. The Kier molecular flexibility index (Phi) is 3.47. The fourth-order valence-electron chi connectivity index (χ4n) is 1.07. The second kappa shape index (κ2) is 4.42. The standard InChI is InChI=1S/C11H12BrNO/c1-7(2)5-11(14)9-6-8(13)3-4-10(9)12/h3-6H,13H2,1-2H3. The third-order valence-electron chi connectivity index (χ3n) is 1.68. The van der Waals surface area contributed by atoms with Gasteiger partial charge < -0.3 is 5.73 Å². The molecule has 0 saturated heterocycles. The highest BCUT2D eigenvalue weighted by atomic mass is 79.9. The van der Waals surface area contributed by atoms with E-state index in [4.69, 9.17) is 5.73 Å². The van der Waals surface area contributed by atoms with Gasteiger partial charge in [0.2, 0.25) is 0 Å². The van der Waals surface area contributed by atoms with Crippen LogP contribution in [0.4, 0.5) is 5.69 Å². The highest BCUT2D eigenvalue weighted by Crippen LogP contribution is 2.20. The minimum atomic E-state index is -0.0239. The zero-order valence-corrected chi connectivity index (χ0v) is 9.76. The van der Waals surface area contributed by atoms with Crippen LogP contribution in [0, 0.1) is 0 Å². The number of carbonyl (C=O) groups is 1. The van der Waals surface area contributed by atoms with Crippen molar-refractivity contribution in [3.05, 3.63) is 39.9 Å². The fourth-order valence-corrected chi connectivity index (χ4v) is 1.51. The molecule has 0 unspecified atom stereocenters. The lowest BCUT2D eigenvalue weighted by Crippen LogP contribution is -1.98. The maximum absolute atomic E-state index is 11.7. The number of allylic oxidation sites excluding steroid dienone is 2. The molecule has 2 N–H and O–H groups in total. The Labute approximate surface area is 91.9 Å². The van der Waals surface area contributed by atoms with Crippen LogP contribution in [0.3, 0.4) is 0 Å². The van der Waals surface area contributed by atoms with Gasteiger partial charge in [-0.3, -0.25) is 4.79 Å². The summed E-state index contributed by atoms with van der Waals surface area (Å²) in [5.74, 6) is -0.0239. The van der Waals surface area contributed by atoms with Gasteiger partial charge in [-0.05, 0) is 38.1 Å². The smallest absolute Gasteiger partial charge is 0.186 e. The van der Waals surface area contributed by atoms with Crippen molar-refractivity contribution in [2.24, 2.45) is 0 Å². The van der Waals surface area contributed by atoms with Crippen LogP contribution < -0.4 is 5.73 Å². The van der Waals surface area contributed by atoms with Crippen molar-refractivity contribution in [1.82, 2.24) is 0 Å². The van der Waals surface area contributed by atoms with E-state index in [-0.39, 0.29) is 5.78 Å². The normalized spacial score (nSPS) is 9.64. The van der Waals surface area contributed by atoms with Crippen LogP contribution in [0.5, 0.6) is 0 Å². The average Bonchev–Trinajstić information content (AvgIpc) is 2.08. The summed E-state index contributed by atoms with van der Waals surface area (Å²) >= 11 is 3.32. The van der Waals surface area contributed by atoms with Crippen molar-refractivity contribution in [2.75, 3.05) is 5.73 Å². The summed E-state index contributed by atoms with van der Waals surface area (Å²) in [7, 11) is 0. The first-order valence-corrected chi connectivity index (χ1v) is 5.04. The molecule has 0 aliphatic carbocycles. The van der Waals surface area contributed by atoms with Gasteiger partial charge in [-0.15, -0.1) is 0 Å². The molecule has 74 valence electrons. The Morgan fingerprint density at radius 1 is 1.43 bits per heavy atom. The molecule has 2 nitrogen and oxygen atoms in total. The van der Waals surface area contributed by atoms with Gasteiger partial charge in [0, 0.05) is 15.7 Å². The lowest BCUT2D eigenvalue weighted by molar-refractivity contribution is 0.104. The summed E-state index contributed by atoms with van der Waals surface area (Å²) in [5, 5.41) is 0. The molecule has 0 fully saturated rings. The van der Waals surface area contributed by atoms with Gasteiger partial charge in [0.25, 0.3) is 0 Å². The molecule has 0 aliphatic rings. The van der Waals surface area contributed by atoms with Crippen molar-refractivity contribution in [2.45, 2.75) is 13.8 Å². The third kappa shape index (κ3) is 2.70. The van der Waals surface area contributed by atoms with E-state index in [1.165, 1.54) is 0 Å². The van der Waals surface area contributed by atoms with Crippen molar-refractivity contribution in [1.29, 1.82) is 0 Å².